The molecule has 0 atom stereocenters. The molecule has 0 aromatic carbocycles. The highest BCUT2D eigenvalue weighted by atomic mass is 35.5. The summed E-state index contributed by atoms with van der Waals surface area (Å²) in [7, 11) is 3.51. The van der Waals surface area contributed by atoms with Crippen LogP contribution in [0.15, 0.2) is 33.4 Å². The number of alkyl halides is 3. The molecule has 2 aliphatic carbocycles. The Bertz CT molecular complexity index is 1130. The molecule has 0 spiro atoms. The number of aromatic nitrogens is 1. The fourth-order valence-electron chi connectivity index (χ4n) is 3.92. The van der Waals surface area contributed by atoms with Crippen molar-refractivity contribution in [2.45, 2.75) is 77.9 Å². The largest absolute Gasteiger partial charge is 0.388 e. The minimum absolute atomic E-state index is 0.334. The highest BCUT2D eigenvalue weighted by Crippen LogP contribution is 2.29. The van der Waals surface area contributed by atoms with Gasteiger partial charge in [-0.3, -0.25) is 4.99 Å². The summed E-state index contributed by atoms with van der Waals surface area (Å²) in [5.41, 5.74) is 2.08. The lowest BCUT2D eigenvalue weighted by Gasteiger charge is -2.26. The topological polar surface area (TPSA) is 65.5 Å². The first-order valence-electron chi connectivity index (χ1n) is 12.3. The summed E-state index contributed by atoms with van der Waals surface area (Å²) in [5.74, 6) is 0.545. The first kappa shape index (κ1) is 31.2. The minimum atomic E-state index is -3.96. The average molecular weight is 524 g/mol. The monoisotopic (exact) mass is 523 g/mol. The molecule has 1 saturated carbocycles. The van der Waals surface area contributed by atoms with Gasteiger partial charge >= 0.3 is 6.18 Å². The summed E-state index contributed by atoms with van der Waals surface area (Å²) in [4.78, 5) is 8.97. The van der Waals surface area contributed by atoms with E-state index < -0.39 is 12.6 Å². The fourth-order valence-corrected chi connectivity index (χ4v) is 4.06. The molecule has 9 heteroatoms. The molecular formula is C27H37ClF3N5. The lowest BCUT2D eigenvalue weighted by molar-refractivity contribution is -0.130. The first-order chi connectivity index (χ1) is 17.2. The number of nitriles is 1. The Morgan fingerprint density at radius 1 is 1.28 bits per heavy atom. The van der Waals surface area contributed by atoms with Crippen molar-refractivity contribution in [3.8, 4) is 6.07 Å². The van der Waals surface area contributed by atoms with Crippen molar-refractivity contribution in [3.05, 3.63) is 45.2 Å². The lowest BCUT2D eigenvalue weighted by atomic mass is 9.95. The Morgan fingerprint density at radius 3 is 2.39 bits per heavy atom. The molecule has 0 amide bonds. The first-order valence-corrected chi connectivity index (χ1v) is 12.7. The third-order valence-electron chi connectivity index (χ3n) is 5.74. The number of nitrogens with zero attached hydrogens (tertiary/aromatic N) is 4. The van der Waals surface area contributed by atoms with Crippen LogP contribution in [0.5, 0.6) is 0 Å². The van der Waals surface area contributed by atoms with Crippen molar-refractivity contribution < 1.29 is 13.2 Å². The van der Waals surface area contributed by atoms with E-state index in [-0.39, 0.29) is 0 Å². The van der Waals surface area contributed by atoms with E-state index in [0.29, 0.717) is 29.6 Å². The van der Waals surface area contributed by atoms with Gasteiger partial charge in [-0.2, -0.15) is 18.4 Å². The quantitative estimate of drug-likeness (QED) is 0.382. The van der Waals surface area contributed by atoms with Crippen LogP contribution in [0.4, 0.5) is 13.2 Å². The van der Waals surface area contributed by atoms with Crippen molar-refractivity contribution in [1.82, 2.24) is 9.88 Å². The molecule has 36 heavy (non-hydrogen) atoms. The van der Waals surface area contributed by atoms with E-state index in [4.69, 9.17) is 11.6 Å². The number of amidine groups is 1. The molecule has 0 saturated heterocycles. The van der Waals surface area contributed by atoms with Gasteiger partial charge in [0.15, 0.2) is 5.84 Å². The zero-order valence-corrected chi connectivity index (χ0v) is 22.6. The summed E-state index contributed by atoms with van der Waals surface area (Å²) in [6, 6.07) is 2.74. The van der Waals surface area contributed by atoms with E-state index >= 15 is 0 Å². The second-order valence-electron chi connectivity index (χ2n) is 8.03. The van der Waals surface area contributed by atoms with Gasteiger partial charge in [0, 0.05) is 54.3 Å². The Hall–Kier alpha value is -2.79. The van der Waals surface area contributed by atoms with E-state index in [1.807, 2.05) is 26.0 Å². The normalized spacial score (nSPS) is 16.0. The van der Waals surface area contributed by atoms with Gasteiger partial charge < -0.3 is 9.88 Å². The number of aliphatic imine (C=N–C) groups is 2. The number of halogens is 4. The van der Waals surface area contributed by atoms with Crippen LogP contribution in [0.3, 0.4) is 0 Å². The van der Waals surface area contributed by atoms with Gasteiger partial charge in [0.25, 0.3) is 0 Å². The molecule has 3 rings (SSSR count). The van der Waals surface area contributed by atoms with Crippen molar-refractivity contribution in [2.24, 2.45) is 9.98 Å². The smallest absolute Gasteiger partial charge is 0.387 e. The van der Waals surface area contributed by atoms with Crippen LogP contribution in [0, 0.1) is 11.3 Å². The summed E-state index contributed by atoms with van der Waals surface area (Å²) in [6.45, 7) is 8.98. The lowest BCUT2D eigenvalue weighted by Crippen LogP contribution is -2.33. The molecule has 0 radical (unpaired) electrons. The molecular weight excluding hydrogens is 487 g/mol. The molecule has 0 unspecified atom stereocenters. The molecule has 1 heterocycles. The number of nitrogens with one attached hydrogen (secondary N) is 1. The maximum atomic E-state index is 10.8. The predicted octanol–water partition coefficient (Wildman–Crippen LogP) is 6.12. The van der Waals surface area contributed by atoms with Gasteiger partial charge in [-0.1, -0.05) is 70.4 Å². The van der Waals surface area contributed by atoms with Crippen molar-refractivity contribution in [2.75, 3.05) is 14.1 Å². The van der Waals surface area contributed by atoms with Gasteiger partial charge in [0.1, 0.15) is 11.8 Å². The third kappa shape index (κ3) is 8.70. The van der Waals surface area contributed by atoms with E-state index in [2.05, 4.69) is 38.6 Å². The maximum absolute atomic E-state index is 10.8. The molecule has 2 aliphatic rings. The number of hydrogen-bond acceptors (Lipinski definition) is 3. The van der Waals surface area contributed by atoms with E-state index in [9.17, 15) is 18.4 Å². The average Bonchev–Trinajstić information content (AvgIpc) is 3.08. The highest BCUT2D eigenvalue weighted by Gasteiger charge is 2.26. The third-order valence-corrected chi connectivity index (χ3v) is 6.02. The number of rotatable bonds is 4. The molecule has 1 aromatic heterocycles. The number of fused-ring (bicyclic) bond motifs is 1. The van der Waals surface area contributed by atoms with Gasteiger partial charge in [-0.15, -0.1) is 0 Å². The standard InChI is InChI=1S/C22H26ClN5.C3H5F3.C2H6/c1-15(25-2)14-27-22(26-3)21-19(13-24)18-11-9-16(23)10-12-20(18)28(21)17-7-5-4-6-8-17;1-2-3(4,5)6;1-2/h9,11-12,14,17,25H,1,4-8,10H2,2-3H3;2H2,1H3;1-2H3. The van der Waals surface area contributed by atoms with Gasteiger partial charge in [-0.25, -0.2) is 4.99 Å². The Labute approximate surface area is 217 Å². The summed E-state index contributed by atoms with van der Waals surface area (Å²) in [6.07, 6.45) is 9.42. The van der Waals surface area contributed by atoms with Crippen molar-refractivity contribution in [1.29, 1.82) is 5.26 Å². The second-order valence-corrected chi connectivity index (χ2v) is 8.52. The second kappa shape index (κ2) is 15.4. The van der Waals surface area contributed by atoms with Crippen LogP contribution >= 0.6 is 11.6 Å². The molecule has 1 fully saturated rings. The van der Waals surface area contributed by atoms with Crippen LogP contribution < -0.4 is 15.9 Å². The molecule has 1 N–H and O–H groups in total. The van der Waals surface area contributed by atoms with Crippen molar-refractivity contribution in [3.63, 3.8) is 0 Å². The van der Waals surface area contributed by atoms with Crippen LogP contribution in [0.1, 0.15) is 83.0 Å². The van der Waals surface area contributed by atoms with Crippen LogP contribution in [0.25, 0.3) is 12.2 Å². The summed E-state index contributed by atoms with van der Waals surface area (Å²) >= 11 is 6.27. The SMILES string of the molecule is C=C(C=NC(=NC)c1c(C#N)c2c(n1C1CCCCC1)=CCC(Cl)=CC=2)NC.CC.CCC(F)(F)F. The minimum Gasteiger partial charge on any atom is -0.387 e. The Kier molecular flexibility index (Phi) is 13.3. The van der Waals surface area contributed by atoms with E-state index in [1.54, 1.807) is 20.3 Å². The van der Waals surface area contributed by atoms with Crippen molar-refractivity contribution >= 4 is 35.8 Å². The number of allylic oxidation sites excluding steroid dienone is 3. The highest BCUT2D eigenvalue weighted by molar-refractivity contribution is 6.30. The maximum Gasteiger partial charge on any atom is 0.388 e. The van der Waals surface area contributed by atoms with Gasteiger partial charge in [-0.05, 0) is 18.9 Å². The molecule has 1 aromatic rings. The van der Waals surface area contributed by atoms with E-state index in [0.717, 1.165) is 41.1 Å². The van der Waals surface area contributed by atoms with Crippen LogP contribution in [-0.4, -0.2) is 36.9 Å². The molecule has 5 nitrogen and oxygen atoms in total. The predicted molar refractivity (Wildman–Crippen MR) is 145 cm³/mol. The Morgan fingerprint density at radius 2 is 1.89 bits per heavy atom. The van der Waals surface area contributed by atoms with Gasteiger partial charge in [0.05, 0.1) is 11.8 Å². The fraction of sp³-hybridized carbons (Fsp3) is 0.519. The number of hydrogen-bond donors (Lipinski definition) is 1. The Balaban J connectivity index is 0.000000710. The zero-order valence-electron chi connectivity index (χ0n) is 21.8. The summed E-state index contributed by atoms with van der Waals surface area (Å²) < 4.78 is 34.6. The molecule has 0 aliphatic heterocycles. The summed E-state index contributed by atoms with van der Waals surface area (Å²) in [5, 5.41) is 15.7. The van der Waals surface area contributed by atoms with Crippen LogP contribution in [0.2, 0.25) is 0 Å². The molecule has 198 valence electrons. The van der Waals surface area contributed by atoms with E-state index in [1.165, 1.54) is 19.3 Å². The molecule has 0 bridgehead atoms. The zero-order chi connectivity index (χ0) is 27.3. The van der Waals surface area contributed by atoms with Gasteiger partial charge in [0.2, 0.25) is 0 Å². The van der Waals surface area contributed by atoms with Crippen LogP contribution in [-0.2, 0) is 0 Å².